The van der Waals surface area contributed by atoms with Crippen molar-refractivity contribution >= 4 is 0 Å². The highest BCUT2D eigenvalue weighted by Gasteiger charge is 2.18. The van der Waals surface area contributed by atoms with Crippen molar-refractivity contribution in [1.29, 1.82) is 0 Å². The molecule has 1 aromatic carbocycles. The van der Waals surface area contributed by atoms with Gasteiger partial charge in [-0.2, -0.15) is 0 Å². The van der Waals surface area contributed by atoms with Gasteiger partial charge in [0.1, 0.15) is 5.82 Å². The fourth-order valence-corrected chi connectivity index (χ4v) is 1.92. The van der Waals surface area contributed by atoms with Crippen molar-refractivity contribution in [1.82, 2.24) is 5.32 Å². The predicted octanol–water partition coefficient (Wildman–Crippen LogP) is 2.77. The molecule has 0 heterocycles. The maximum Gasteiger partial charge on any atom is 0.123 e. The number of halogens is 1. The Morgan fingerprint density at radius 2 is 2.12 bits per heavy atom. The van der Waals surface area contributed by atoms with Crippen LogP contribution in [0.15, 0.2) is 18.2 Å². The lowest BCUT2D eigenvalue weighted by atomic mass is 10.0. The molecule has 2 N–H and O–H groups in total. The molecule has 0 radical (unpaired) electrons. The molecule has 3 heteroatoms. The van der Waals surface area contributed by atoms with E-state index in [1.54, 1.807) is 6.07 Å². The van der Waals surface area contributed by atoms with Crippen LogP contribution in [0.5, 0.6) is 0 Å². The van der Waals surface area contributed by atoms with Gasteiger partial charge in [0, 0.05) is 13.1 Å². The van der Waals surface area contributed by atoms with Crippen molar-refractivity contribution in [2.45, 2.75) is 45.8 Å². The molecule has 0 aliphatic carbocycles. The summed E-state index contributed by atoms with van der Waals surface area (Å²) in [7, 11) is 0. The highest BCUT2D eigenvalue weighted by atomic mass is 19.1. The van der Waals surface area contributed by atoms with Gasteiger partial charge in [-0.25, -0.2) is 4.39 Å². The summed E-state index contributed by atoms with van der Waals surface area (Å²) in [6.07, 6.45) is 1.72. The van der Waals surface area contributed by atoms with Crippen LogP contribution >= 0.6 is 0 Å². The molecule has 1 atom stereocenters. The minimum atomic E-state index is -0.685. The Kier molecular flexibility index (Phi) is 5.09. The molecule has 0 aliphatic heterocycles. The number of aliphatic hydroxyl groups is 1. The van der Waals surface area contributed by atoms with Gasteiger partial charge in [0.15, 0.2) is 0 Å². The van der Waals surface area contributed by atoms with Crippen molar-refractivity contribution in [3.63, 3.8) is 0 Å². The maximum atomic E-state index is 13.1. The second kappa shape index (κ2) is 6.12. The van der Waals surface area contributed by atoms with Crippen molar-refractivity contribution < 1.29 is 9.50 Å². The first-order valence-corrected chi connectivity index (χ1v) is 6.13. The van der Waals surface area contributed by atoms with E-state index < -0.39 is 5.60 Å². The molecule has 1 aromatic rings. The average molecular weight is 239 g/mol. The van der Waals surface area contributed by atoms with Gasteiger partial charge in [0.25, 0.3) is 0 Å². The monoisotopic (exact) mass is 239 g/mol. The Morgan fingerprint density at radius 3 is 2.76 bits per heavy atom. The van der Waals surface area contributed by atoms with Crippen LogP contribution in [-0.4, -0.2) is 17.3 Å². The first-order valence-electron chi connectivity index (χ1n) is 6.13. The molecule has 17 heavy (non-hydrogen) atoms. The lowest BCUT2D eigenvalue weighted by Crippen LogP contribution is -2.37. The van der Waals surface area contributed by atoms with E-state index in [0.717, 1.165) is 24.0 Å². The minimum absolute atomic E-state index is 0.215. The van der Waals surface area contributed by atoms with E-state index >= 15 is 0 Å². The zero-order valence-electron chi connectivity index (χ0n) is 10.9. The first kappa shape index (κ1) is 14.1. The summed E-state index contributed by atoms with van der Waals surface area (Å²) in [6, 6.07) is 4.78. The number of hydrogen-bond acceptors (Lipinski definition) is 2. The second-order valence-corrected chi connectivity index (χ2v) is 4.92. The summed E-state index contributed by atoms with van der Waals surface area (Å²) in [5.41, 5.74) is 1.32. The molecule has 0 amide bonds. The fourth-order valence-electron chi connectivity index (χ4n) is 1.92. The van der Waals surface area contributed by atoms with E-state index in [2.05, 4.69) is 5.32 Å². The Hall–Kier alpha value is -0.930. The molecule has 0 saturated heterocycles. The third-order valence-corrected chi connectivity index (χ3v) is 2.92. The normalized spacial score (nSPS) is 14.6. The number of hydrogen-bond donors (Lipinski definition) is 2. The number of nitrogens with one attached hydrogen (secondary N) is 1. The molecule has 0 aliphatic rings. The van der Waals surface area contributed by atoms with Crippen molar-refractivity contribution in [2.75, 3.05) is 6.54 Å². The van der Waals surface area contributed by atoms with Crippen LogP contribution in [0, 0.1) is 12.7 Å². The van der Waals surface area contributed by atoms with E-state index in [1.165, 1.54) is 12.1 Å². The van der Waals surface area contributed by atoms with Crippen LogP contribution in [0.25, 0.3) is 0 Å². The van der Waals surface area contributed by atoms with Crippen LogP contribution in [0.3, 0.4) is 0 Å². The van der Waals surface area contributed by atoms with E-state index in [1.807, 2.05) is 20.8 Å². The van der Waals surface area contributed by atoms with Gasteiger partial charge in [-0.1, -0.05) is 19.4 Å². The lowest BCUT2D eigenvalue weighted by Gasteiger charge is -2.23. The van der Waals surface area contributed by atoms with E-state index in [-0.39, 0.29) is 5.82 Å². The Morgan fingerprint density at radius 1 is 1.41 bits per heavy atom. The molecule has 0 aromatic heterocycles. The smallest absolute Gasteiger partial charge is 0.123 e. The summed E-state index contributed by atoms with van der Waals surface area (Å²) in [4.78, 5) is 0. The fraction of sp³-hybridized carbons (Fsp3) is 0.571. The van der Waals surface area contributed by atoms with Gasteiger partial charge in [-0.15, -0.1) is 0 Å². The topological polar surface area (TPSA) is 32.3 Å². The Balaban J connectivity index is 2.48. The van der Waals surface area contributed by atoms with Gasteiger partial charge >= 0.3 is 0 Å². The van der Waals surface area contributed by atoms with Crippen molar-refractivity contribution in [2.24, 2.45) is 0 Å². The molecular formula is C14H22FNO. The summed E-state index contributed by atoms with van der Waals surface area (Å²) < 4.78 is 13.1. The van der Waals surface area contributed by atoms with Gasteiger partial charge < -0.3 is 10.4 Å². The van der Waals surface area contributed by atoms with Crippen LogP contribution in [-0.2, 0) is 6.54 Å². The zero-order valence-corrected chi connectivity index (χ0v) is 10.9. The molecule has 96 valence electrons. The number of aryl methyl sites for hydroxylation is 1. The molecule has 0 spiro atoms. The van der Waals surface area contributed by atoms with Crippen LogP contribution in [0.4, 0.5) is 4.39 Å². The molecule has 0 bridgehead atoms. The van der Waals surface area contributed by atoms with Crippen molar-refractivity contribution in [3.05, 3.63) is 35.1 Å². The minimum Gasteiger partial charge on any atom is -0.389 e. The highest BCUT2D eigenvalue weighted by Crippen LogP contribution is 2.12. The van der Waals surface area contributed by atoms with E-state index in [0.29, 0.717) is 13.1 Å². The number of benzene rings is 1. The maximum absolute atomic E-state index is 13.1. The van der Waals surface area contributed by atoms with Crippen molar-refractivity contribution in [3.8, 4) is 0 Å². The summed E-state index contributed by atoms with van der Waals surface area (Å²) in [5, 5.41) is 13.2. The molecule has 0 fully saturated rings. The highest BCUT2D eigenvalue weighted by molar-refractivity contribution is 5.26. The quantitative estimate of drug-likeness (QED) is 0.800. The first-order chi connectivity index (χ1) is 7.94. The Labute approximate surface area is 103 Å². The lowest BCUT2D eigenvalue weighted by molar-refractivity contribution is 0.0498. The number of rotatable bonds is 6. The molecular weight excluding hydrogens is 217 g/mol. The average Bonchev–Trinajstić information content (AvgIpc) is 2.23. The summed E-state index contributed by atoms with van der Waals surface area (Å²) in [6.45, 7) is 6.94. The van der Waals surface area contributed by atoms with E-state index in [4.69, 9.17) is 0 Å². The largest absolute Gasteiger partial charge is 0.389 e. The van der Waals surface area contributed by atoms with Gasteiger partial charge in [0.05, 0.1) is 5.60 Å². The van der Waals surface area contributed by atoms with Gasteiger partial charge in [-0.3, -0.25) is 0 Å². The summed E-state index contributed by atoms with van der Waals surface area (Å²) in [5.74, 6) is -0.215. The van der Waals surface area contributed by atoms with Crippen LogP contribution in [0.1, 0.15) is 37.8 Å². The van der Waals surface area contributed by atoms with Gasteiger partial charge in [0.2, 0.25) is 0 Å². The standard InChI is InChI=1S/C14H22FNO/c1-4-7-14(3,17)10-16-9-12-8-13(15)6-5-11(12)2/h5-6,8,16-17H,4,7,9-10H2,1-3H3. The molecule has 1 rings (SSSR count). The predicted molar refractivity (Wildman–Crippen MR) is 68.4 cm³/mol. The van der Waals surface area contributed by atoms with E-state index in [9.17, 15) is 9.50 Å². The molecule has 1 unspecified atom stereocenters. The summed E-state index contributed by atoms with van der Waals surface area (Å²) >= 11 is 0. The Bertz CT molecular complexity index is 363. The molecule has 0 saturated carbocycles. The van der Waals surface area contributed by atoms with Crippen LogP contribution < -0.4 is 5.32 Å². The third kappa shape index (κ3) is 4.84. The second-order valence-electron chi connectivity index (χ2n) is 4.92. The molecule has 2 nitrogen and oxygen atoms in total. The zero-order chi connectivity index (χ0) is 12.9. The van der Waals surface area contributed by atoms with Gasteiger partial charge in [-0.05, 0) is 43.5 Å². The van der Waals surface area contributed by atoms with Crippen LogP contribution in [0.2, 0.25) is 0 Å². The third-order valence-electron chi connectivity index (χ3n) is 2.92. The SMILES string of the molecule is CCCC(C)(O)CNCc1cc(F)ccc1C.